The SMILES string of the molecule is COc1cc2cc(CN(C(=O)c3ccccc3F)C3CCCC3)c(=O)[nH]c2cc1OC. The van der Waals surface area contributed by atoms with Crippen LogP contribution in [0.25, 0.3) is 10.9 Å². The van der Waals surface area contributed by atoms with E-state index < -0.39 is 11.7 Å². The highest BCUT2D eigenvalue weighted by Crippen LogP contribution is 2.32. The third-order valence-corrected chi connectivity index (χ3v) is 5.90. The molecule has 2 aromatic carbocycles. The third kappa shape index (κ3) is 4.13. The van der Waals surface area contributed by atoms with Gasteiger partial charge in [-0.2, -0.15) is 0 Å². The summed E-state index contributed by atoms with van der Waals surface area (Å²) in [5.74, 6) is 0.111. The molecule has 1 N–H and O–H groups in total. The van der Waals surface area contributed by atoms with Crippen LogP contribution in [0.5, 0.6) is 11.5 Å². The molecule has 31 heavy (non-hydrogen) atoms. The summed E-state index contributed by atoms with van der Waals surface area (Å²) in [5.41, 5.74) is 0.789. The number of ether oxygens (including phenoxy) is 2. The van der Waals surface area contributed by atoms with Crippen LogP contribution < -0.4 is 15.0 Å². The minimum Gasteiger partial charge on any atom is -0.493 e. The van der Waals surface area contributed by atoms with Crippen molar-refractivity contribution in [1.29, 1.82) is 0 Å². The average Bonchev–Trinajstić information content (AvgIpc) is 3.31. The van der Waals surface area contributed by atoms with Gasteiger partial charge in [0.05, 0.1) is 31.8 Å². The minimum absolute atomic E-state index is 0.0207. The lowest BCUT2D eigenvalue weighted by Crippen LogP contribution is -2.40. The van der Waals surface area contributed by atoms with Crippen LogP contribution in [0.3, 0.4) is 0 Å². The molecule has 0 spiro atoms. The predicted octanol–water partition coefficient (Wildman–Crippen LogP) is 4.27. The topological polar surface area (TPSA) is 71.6 Å². The van der Waals surface area contributed by atoms with Crippen LogP contribution in [0.2, 0.25) is 0 Å². The lowest BCUT2D eigenvalue weighted by molar-refractivity contribution is 0.0659. The van der Waals surface area contributed by atoms with E-state index in [0.29, 0.717) is 22.6 Å². The van der Waals surface area contributed by atoms with Crippen molar-refractivity contribution >= 4 is 16.8 Å². The highest BCUT2D eigenvalue weighted by atomic mass is 19.1. The zero-order chi connectivity index (χ0) is 22.0. The highest BCUT2D eigenvalue weighted by Gasteiger charge is 2.29. The Bertz CT molecular complexity index is 1170. The lowest BCUT2D eigenvalue weighted by Gasteiger charge is -2.29. The van der Waals surface area contributed by atoms with E-state index in [-0.39, 0.29) is 23.7 Å². The molecule has 1 heterocycles. The van der Waals surface area contributed by atoms with Crippen molar-refractivity contribution in [2.24, 2.45) is 0 Å². The number of H-pyrrole nitrogens is 1. The molecule has 7 heteroatoms. The maximum atomic E-state index is 14.3. The Kier molecular flexibility index (Phi) is 5.93. The first-order valence-electron chi connectivity index (χ1n) is 10.3. The monoisotopic (exact) mass is 424 g/mol. The van der Waals surface area contributed by atoms with E-state index in [9.17, 15) is 14.0 Å². The Morgan fingerprint density at radius 2 is 1.77 bits per heavy atom. The number of benzene rings is 2. The molecule has 0 saturated heterocycles. The number of aromatic nitrogens is 1. The van der Waals surface area contributed by atoms with Gasteiger partial charge in [0, 0.05) is 23.1 Å². The van der Waals surface area contributed by atoms with Crippen molar-refractivity contribution in [3.8, 4) is 11.5 Å². The van der Waals surface area contributed by atoms with Gasteiger partial charge in [-0.05, 0) is 37.1 Å². The lowest BCUT2D eigenvalue weighted by atomic mass is 10.1. The molecule has 0 aliphatic heterocycles. The van der Waals surface area contributed by atoms with Gasteiger partial charge >= 0.3 is 0 Å². The molecule has 0 radical (unpaired) electrons. The number of carbonyl (C=O) groups excluding carboxylic acids is 1. The predicted molar refractivity (Wildman–Crippen MR) is 116 cm³/mol. The summed E-state index contributed by atoms with van der Waals surface area (Å²) in [4.78, 5) is 30.6. The number of methoxy groups -OCH3 is 2. The fourth-order valence-electron chi connectivity index (χ4n) is 4.25. The Morgan fingerprint density at radius 3 is 2.45 bits per heavy atom. The Balaban J connectivity index is 1.74. The molecule has 1 aliphatic carbocycles. The van der Waals surface area contributed by atoms with Gasteiger partial charge in [-0.3, -0.25) is 9.59 Å². The van der Waals surface area contributed by atoms with Crippen molar-refractivity contribution in [2.75, 3.05) is 14.2 Å². The zero-order valence-electron chi connectivity index (χ0n) is 17.6. The smallest absolute Gasteiger partial charge is 0.257 e. The van der Waals surface area contributed by atoms with Crippen LogP contribution in [0.1, 0.15) is 41.6 Å². The van der Waals surface area contributed by atoms with Crippen LogP contribution in [0.15, 0.2) is 47.3 Å². The van der Waals surface area contributed by atoms with Gasteiger partial charge in [0.25, 0.3) is 11.5 Å². The van der Waals surface area contributed by atoms with Crippen molar-refractivity contribution in [1.82, 2.24) is 9.88 Å². The van der Waals surface area contributed by atoms with E-state index in [1.54, 1.807) is 42.3 Å². The van der Waals surface area contributed by atoms with Gasteiger partial charge in [0.2, 0.25) is 0 Å². The largest absolute Gasteiger partial charge is 0.493 e. The highest BCUT2D eigenvalue weighted by molar-refractivity contribution is 5.94. The molecule has 0 bridgehead atoms. The summed E-state index contributed by atoms with van der Waals surface area (Å²) in [6.45, 7) is 0.109. The number of hydrogen-bond acceptors (Lipinski definition) is 4. The number of aromatic amines is 1. The summed E-state index contributed by atoms with van der Waals surface area (Å²) >= 11 is 0. The second kappa shape index (κ2) is 8.79. The molecule has 0 atom stereocenters. The van der Waals surface area contributed by atoms with E-state index >= 15 is 0 Å². The van der Waals surface area contributed by atoms with E-state index in [2.05, 4.69) is 4.98 Å². The van der Waals surface area contributed by atoms with E-state index in [1.807, 2.05) is 0 Å². The molecule has 1 fully saturated rings. The first-order valence-corrected chi connectivity index (χ1v) is 10.3. The van der Waals surface area contributed by atoms with Crippen LogP contribution in [0, 0.1) is 5.82 Å². The van der Waals surface area contributed by atoms with Gasteiger partial charge in [0.1, 0.15) is 5.82 Å². The molecular weight excluding hydrogens is 399 g/mol. The second-order valence-electron chi connectivity index (χ2n) is 7.77. The summed E-state index contributed by atoms with van der Waals surface area (Å²) in [5, 5.41) is 0.761. The van der Waals surface area contributed by atoms with E-state index in [0.717, 1.165) is 31.1 Å². The molecular formula is C24H25FN2O4. The number of fused-ring (bicyclic) bond motifs is 1. The minimum atomic E-state index is -0.556. The number of nitrogens with zero attached hydrogens (tertiary/aromatic N) is 1. The molecule has 1 aromatic heterocycles. The maximum Gasteiger partial charge on any atom is 0.257 e. The first kappa shape index (κ1) is 20.9. The van der Waals surface area contributed by atoms with Gasteiger partial charge in [-0.15, -0.1) is 0 Å². The van der Waals surface area contributed by atoms with Gasteiger partial charge in [-0.1, -0.05) is 25.0 Å². The van der Waals surface area contributed by atoms with Crippen molar-refractivity contribution in [3.63, 3.8) is 0 Å². The Hall–Kier alpha value is -3.35. The first-order chi connectivity index (χ1) is 15.0. The van der Waals surface area contributed by atoms with Gasteiger partial charge in [-0.25, -0.2) is 4.39 Å². The number of amides is 1. The fraction of sp³-hybridized carbons (Fsp3) is 0.333. The van der Waals surface area contributed by atoms with Crippen molar-refractivity contribution in [3.05, 3.63) is 69.8 Å². The summed E-state index contributed by atoms with van der Waals surface area (Å²) < 4.78 is 25.0. The van der Waals surface area contributed by atoms with Crippen LogP contribution >= 0.6 is 0 Å². The van der Waals surface area contributed by atoms with Crippen LogP contribution in [-0.4, -0.2) is 36.1 Å². The molecule has 4 rings (SSSR count). The normalized spacial score (nSPS) is 14.0. The summed E-state index contributed by atoms with van der Waals surface area (Å²) in [7, 11) is 3.08. The number of hydrogen-bond donors (Lipinski definition) is 1. The fourth-order valence-corrected chi connectivity index (χ4v) is 4.25. The number of rotatable bonds is 6. The Morgan fingerprint density at radius 1 is 1.10 bits per heavy atom. The number of nitrogens with one attached hydrogen (secondary N) is 1. The number of pyridine rings is 1. The van der Waals surface area contributed by atoms with Crippen LogP contribution in [-0.2, 0) is 6.54 Å². The molecule has 0 unspecified atom stereocenters. The Labute approximate surface area is 179 Å². The molecule has 1 saturated carbocycles. The summed E-state index contributed by atoms with van der Waals surface area (Å²) in [6, 6.07) is 11.2. The molecule has 1 aliphatic rings. The molecule has 1 amide bonds. The van der Waals surface area contributed by atoms with E-state index in [4.69, 9.17) is 9.47 Å². The maximum absolute atomic E-state index is 14.3. The van der Waals surface area contributed by atoms with Crippen molar-refractivity contribution in [2.45, 2.75) is 38.3 Å². The quantitative estimate of drug-likeness (QED) is 0.642. The molecule has 6 nitrogen and oxygen atoms in total. The average molecular weight is 424 g/mol. The zero-order valence-corrected chi connectivity index (χ0v) is 17.6. The van der Waals surface area contributed by atoms with Gasteiger partial charge < -0.3 is 19.4 Å². The van der Waals surface area contributed by atoms with Crippen LogP contribution in [0.4, 0.5) is 4.39 Å². The number of halogens is 1. The molecule has 3 aromatic rings. The standard InChI is InChI=1S/C24H25FN2O4/c1-30-21-12-15-11-16(23(28)26-20(15)13-22(21)31-2)14-27(17-7-3-4-8-17)24(29)18-9-5-6-10-19(18)25/h5-6,9-13,17H,3-4,7-8,14H2,1-2H3,(H,26,28). The van der Waals surface area contributed by atoms with Gasteiger partial charge in [0.15, 0.2) is 11.5 Å². The second-order valence-corrected chi connectivity index (χ2v) is 7.77. The third-order valence-electron chi connectivity index (χ3n) is 5.90. The summed E-state index contributed by atoms with van der Waals surface area (Å²) in [6.07, 6.45) is 3.71. The van der Waals surface area contributed by atoms with Crippen molar-refractivity contribution < 1.29 is 18.7 Å². The molecule has 162 valence electrons. The number of carbonyl (C=O) groups is 1. The van der Waals surface area contributed by atoms with E-state index in [1.165, 1.54) is 19.2 Å².